The monoisotopic (exact) mass is 426 g/mol. The third-order valence-electron chi connectivity index (χ3n) is 3.53. The Kier molecular flexibility index (Phi) is 6.37. The predicted octanol–water partition coefficient (Wildman–Crippen LogP) is 4.29. The van der Waals surface area contributed by atoms with Crippen LogP contribution in [0.1, 0.15) is 24.9 Å². The fraction of sp³-hybridized carbons (Fsp3) is 0.235. The summed E-state index contributed by atoms with van der Waals surface area (Å²) >= 11 is 8.76. The SMILES string of the molecule is CC[C@@H](NC(=S)Nc1ccc(Br)cc1)c1ccc(S(C)(=O)=O)cc1. The first kappa shape index (κ1) is 18.9. The molecule has 24 heavy (non-hydrogen) atoms. The fourth-order valence-electron chi connectivity index (χ4n) is 2.23. The molecule has 7 heteroatoms. The summed E-state index contributed by atoms with van der Waals surface area (Å²) in [4.78, 5) is 0.316. The van der Waals surface area contributed by atoms with Gasteiger partial charge in [-0.1, -0.05) is 35.0 Å². The average molecular weight is 427 g/mol. The molecule has 0 amide bonds. The second-order valence-electron chi connectivity index (χ2n) is 5.41. The molecule has 2 N–H and O–H groups in total. The second-order valence-corrected chi connectivity index (χ2v) is 8.75. The molecule has 0 heterocycles. The quantitative estimate of drug-likeness (QED) is 0.698. The Balaban J connectivity index is 2.05. The number of benzene rings is 2. The van der Waals surface area contributed by atoms with Gasteiger partial charge in [-0.05, 0) is 60.6 Å². The van der Waals surface area contributed by atoms with Crippen LogP contribution >= 0.6 is 28.1 Å². The molecule has 0 aliphatic carbocycles. The van der Waals surface area contributed by atoms with Crippen LogP contribution in [0.2, 0.25) is 0 Å². The van der Waals surface area contributed by atoms with Crippen molar-refractivity contribution in [1.82, 2.24) is 5.32 Å². The van der Waals surface area contributed by atoms with E-state index in [-0.39, 0.29) is 6.04 Å². The first-order chi connectivity index (χ1) is 11.3. The van der Waals surface area contributed by atoms with Crippen molar-refractivity contribution in [2.45, 2.75) is 24.3 Å². The highest BCUT2D eigenvalue weighted by molar-refractivity contribution is 9.10. The van der Waals surface area contributed by atoms with Crippen LogP contribution in [0.5, 0.6) is 0 Å². The van der Waals surface area contributed by atoms with Crippen LogP contribution in [0.25, 0.3) is 0 Å². The maximum atomic E-state index is 11.5. The summed E-state index contributed by atoms with van der Waals surface area (Å²) in [5.41, 5.74) is 1.89. The third kappa shape index (κ3) is 5.29. The van der Waals surface area contributed by atoms with Gasteiger partial charge in [-0.15, -0.1) is 0 Å². The van der Waals surface area contributed by atoms with Gasteiger partial charge in [0.2, 0.25) is 0 Å². The minimum atomic E-state index is -3.18. The third-order valence-corrected chi connectivity index (χ3v) is 5.40. The van der Waals surface area contributed by atoms with Crippen molar-refractivity contribution in [2.75, 3.05) is 11.6 Å². The predicted molar refractivity (Wildman–Crippen MR) is 106 cm³/mol. The average Bonchev–Trinajstić information content (AvgIpc) is 2.54. The zero-order valence-electron chi connectivity index (χ0n) is 13.4. The van der Waals surface area contributed by atoms with Gasteiger partial charge in [0.05, 0.1) is 10.9 Å². The van der Waals surface area contributed by atoms with Crippen LogP contribution in [0.4, 0.5) is 5.69 Å². The highest BCUT2D eigenvalue weighted by Gasteiger charge is 2.13. The van der Waals surface area contributed by atoms with Crippen LogP contribution < -0.4 is 10.6 Å². The van der Waals surface area contributed by atoms with Gasteiger partial charge in [-0.25, -0.2) is 8.42 Å². The number of hydrogen-bond donors (Lipinski definition) is 2. The smallest absolute Gasteiger partial charge is 0.175 e. The van der Waals surface area contributed by atoms with E-state index in [1.165, 1.54) is 6.26 Å². The summed E-state index contributed by atoms with van der Waals surface area (Å²) in [6.07, 6.45) is 2.02. The molecule has 0 aliphatic rings. The highest BCUT2D eigenvalue weighted by atomic mass is 79.9. The minimum Gasteiger partial charge on any atom is -0.356 e. The Bertz CT molecular complexity index is 803. The van der Waals surface area contributed by atoms with Crippen LogP contribution in [-0.2, 0) is 9.84 Å². The topological polar surface area (TPSA) is 58.2 Å². The summed E-state index contributed by atoms with van der Waals surface area (Å²) in [6, 6.07) is 14.6. The lowest BCUT2D eigenvalue weighted by Gasteiger charge is -2.20. The van der Waals surface area contributed by atoms with Crippen LogP contribution in [0.3, 0.4) is 0 Å². The molecule has 0 saturated carbocycles. The van der Waals surface area contributed by atoms with Gasteiger partial charge in [0.1, 0.15) is 0 Å². The molecule has 128 valence electrons. The molecule has 0 radical (unpaired) electrons. The summed E-state index contributed by atoms with van der Waals surface area (Å²) in [7, 11) is -3.18. The van der Waals surface area contributed by atoms with Crippen LogP contribution in [0.15, 0.2) is 57.9 Å². The largest absolute Gasteiger partial charge is 0.356 e. The number of nitrogens with one attached hydrogen (secondary N) is 2. The van der Waals surface area contributed by atoms with E-state index >= 15 is 0 Å². The normalized spacial score (nSPS) is 12.5. The maximum absolute atomic E-state index is 11.5. The van der Waals surface area contributed by atoms with Gasteiger partial charge in [0.15, 0.2) is 14.9 Å². The van der Waals surface area contributed by atoms with Crippen LogP contribution in [-0.4, -0.2) is 19.8 Å². The number of hydrogen-bond acceptors (Lipinski definition) is 3. The van der Waals surface area contributed by atoms with Gasteiger partial charge in [-0.3, -0.25) is 0 Å². The van der Waals surface area contributed by atoms with Crippen molar-refractivity contribution in [2.24, 2.45) is 0 Å². The molecule has 0 saturated heterocycles. The number of rotatable bonds is 5. The van der Waals surface area contributed by atoms with Gasteiger partial charge in [-0.2, -0.15) is 0 Å². The lowest BCUT2D eigenvalue weighted by atomic mass is 10.1. The Hall–Kier alpha value is -1.44. The molecule has 0 fully saturated rings. The van der Waals surface area contributed by atoms with Gasteiger partial charge >= 0.3 is 0 Å². The van der Waals surface area contributed by atoms with Gasteiger partial charge < -0.3 is 10.6 Å². The molecular formula is C17H19BrN2O2S2. The highest BCUT2D eigenvalue weighted by Crippen LogP contribution is 2.20. The van der Waals surface area contributed by atoms with Crippen molar-refractivity contribution in [3.8, 4) is 0 Å². The molecular weight excluding hydrogens is 408 g/mol. The van der Waals surface area contributed by atoms with Crippen molar-refractivity contribution < 1.29 is 8.42 Å². The number of thiocarbonyl (C=S) groups is 1. The molecule has 2 rings (SSSR count). The summed E-state index contributed by atoms with van der Waals surface area (Å²) in [5.74, 6) is 0. The molecule has 0 spiro atoms. The molecule has 2 aromatic carbocycles. The number of sulfone groups is 1. The van der Waals surface area contributed by atoms with Crippen molar-refractivity contribution in [3.63, 3.8) is 0 Å². The van der Waals surface area contributed by atoms with Gasteiger partial charge in [0, 0.05) is 16.4 Å². The lowest BCUT2D eigenvalue weighted by Crippen LogP contribution is -2.32. The van der Waals surface area contributed by atoms with E-state index in [1.54, 1.807) is 12.1 Å². The molecule has 4 nitrogen and oxygen atoms in total. The van der Waals surface area contributed by atoms with E-state index in [1.807, 2.05) is 43.3 Å². The molecule has 2 aromatic rings. The van der Waals surface area contributed by atoms with E-state index in [0.29, 0.717) is 10.0 Å². The standard InChI is InChI=1S/C17H19BrN2O2S2/c1-3-16(12-4-10-15(11-5-12)24(2,21)22)20-17(23)19-14-8-6-13(18)7-9-14/h4-11,16H,3H2,1-2H3,(H2,19,20,23)/t16-/m1/s1. The van der Waals surface area contributed by atoms with Crippen LogP contribution in [0, 0.1) is 0 Å². The Morgan fingerprint density at radius 1 is 1.12 bits per heavy atom. The lowest BCUT2D eigenvalue weighted by molar-refractivity contribution is 0.601. The summed E-state index contributed by atoms with van der Waals surface area (Å²) in [5, 5.41) is 6.93. The molecule has 0 bridgehead atoms. The Labute approximate surface area is 156 Å². The minimum absolute atomic E-state index is 0.00839. The van der Waals surface area contributed by atoms with Crippen molar-refractivity contribution in [3.05, 3.63) is 58.6 Å². The van der Waals surface area contributed by atoms with E-state index in [2.05, 4.69) is 26.6 Å². The zero-order chi connectivity index (χ0) is 17.7. The zero-order valence-corrected chi connectivity index (χ0v) is 16.6. The molecule has 0 aliphatic heterocycles. The van der Waals surface area contributed by atoms with E-state index in [0.717, 1.165) is 22.1 Å². The van der Waals surface area contributed by atoms with E-state index < -0.39 is 9.84 Å². The fourth-order valence-corrected chi connectivity index (χ4v) is 3.38. The van der Waals surface area contributed by atoms with Gasteiger partial charge in [0.25, 0.3) is 0 Å². The number of anilines is 1. The summed E-state index contributed by atoms with van der Waals surface area (Å²) in [6.45, 7) is 2.05. The van der Waals surface area contributed by atoms with Crippen molar-refractivity contribution >= 4 is 48.8 Å². The molecule has 1 atom stereocenters. The Morgan fingerprint density at radius 2 is 1.71 bits per heavy atom. The Morgan fingerprint density at radius 3 is 2.21 bits per heavy atom. The first-order valence-electron chi connectivity index (χ1n) is 7.42. The second kappa shape index (κ2) is 8.09. The van der Waals surface area contributed by atoms with Crippen molar-refractivity contribution in [1.29, 1.82) is 0 Å². The number of halogens is 1. The molecule has 0 aromatic heterocycles. The maximum Gasteiger partial charge on any atom is 0.175 e. The van der Waals surface area contributed by atoms with E-state index in [4.69, 9.17) is 12.2 Å². The molecule has 0 unspecified atom stereocenters. The summed E-state index contributed by atoms with van der Waals surface area (Å²) < 4.78 is 24.1. The first-order valence-corrected chi connectivity index (χ1v) is 10.5. The van der Waals surface area contributed by atoms with E-state index in [9.17, 15) is 8.42 Å².